The first kappa shape index (κ1) is 13.5. The summed E-state index contributed by atoms with van der Waals surface area (Å²) in [6.07, 6.45) is -0.384. The Morgan fingerprint density at radius 3 is 2.50 bits per heavy atom. The van der Waals surface area contributed by atoms with Crippen molar-refractivity contribution in [1.82, 2.24) is 9.80 Å². The van der Waals surface area contributed by atoms with Crippen LogP contribution in [-0.4, -0.2) is 53.7 Å². The van der Waals surface area contributed by atoms with Gasteiger partial charge in [0.15, 0.2) is 0 Å². The molecule has 100 valence electrons. The third kappa shape index (κ3) is 3.10. The summed E-state index contributed by atoms with van der Waals surface area (Å²) in [6.45, 7) is 8.34. The number of rotatable bonds is 3. The summed E-state index contributed by atoms with van der Waals surface area (Å²) in [5.41, 5.74) is 1.20. The summed E-state index contributed by atoms with van der Waals surface area (Å²) in [5, 5.41) is 10.3. The molecule has 0 spiro atoms. The smallest absolute Gasteiger partial charge is 0.0916 e. The minimum Gasteiger partial charge on any atom is -0.387 e. The number of piperazine rings is 1. The fourth-order valence-electron chi connectivity index (χ4n) is 2.52. The Kier molecular flexibility index (Phi) is 4.05. The van der Waals surface area contributed by atoms with Crippen LogP contribution < -0.4 is 0 Å². The summed E-state index contributed by atoms with van der Waals surface area (Å²) in [6, 6.07) is 9.92. The number of β-amino-alcohol motifs (C(OH)–C–C–N with tert-alkyl or cyclic N) is 1. The Labute approximate surface area is 110 Å². The van der Waals surface area contributed by atoms with Crippen LogP contribution in [0, 0.1) is 0 Å². The lowest BCUT2D eigenvalue weighted by Crippen LogP contribution is -2.58. The molecule has 1 saturated heterocycles. The van der Waals surface area contributed by atoms with Gasteiger partial charge in [0.05, 0.1) is 6.10 Å². The largest absolute Gasteiger partial charge is 0.387 e. The van der Waals surface area contributed by atoms with E-state index in [0.29, 0.717) is 0 Å². The van der Waals surface area contributed by atoms with Gasteiger partial charge in [0.1, 0.15) is 0 Å². The number of hydrogen-bond acceptors (Lipinski definition) is 3. The summed E-state index contributed by atoms with van der Waals surface area (Å²) in [5.74, 6) is 0. The van der Waals surface area contributed by atoms with Crippen LogP contribution in [0.25, 0.3) is 0 Å². The second-order valence-corrected chi connectivity index (χ2v) is 5.90. The van der Waals surface area contributed by atoms with Gasteiger partial charge in [-0.25, -0.2) is 0 Å². The second kappa shape index (κ2) is 5.39. The first-order chi connectivity index (χ1) is 8.49. The van der Waals surface area contributed by atoms with E-state index in [9.17, 15) is 5.11 Å². The first-order valence-corrected chi connectivity index (χ1v) is 6.66. The lowest BCUT2D eigenvalue weighted by atomic mass is 9.99. The average Bonchev–Trinajstić information content (AvgIpc) is 2.34. The molecule has 0 aromatic heterocycles. The zero-order valence-corrected chi connectivity index (χ0v) is 11.6. The Morgan fingerprint density at radius 1 is 1.22 bits per heavy atom. The Morgan fingerprint density at radius 2 is 1.89 bits per heavy atom. The highest BCUT2D eigenvalue weighted by Crippen LogP contribution is 2.21. The molecular weight excluding hydrogens is 224 g/mol. The van der Waals surface area contributed by atoms with Crippen molar-refractivity contribution < 1.29 is 5.11 Å². The molecular formula is C15H24N2O. The van der Waals surface area contributed by atoms with Gasteiger partial charge in [-0.1, -0.05) is 30.3 Å². The topological polar surface area (TPSA) is 26.7 Å². The van der Waals surface area contributed by atoms with Gasteiger partial charge in [0.2, 0.25) is 0 Å². The van der Waals surface area contributed by atoms with Crippen molar-refractivity contribution in [3.05, 3.63) is 35.9 Å². The van der Waals surface area contributed by atoms with Gasteiger partial charge in [0, 0.05) is 31.7 Å². The minimum absolute atomic E-state index is 0.189. The Balaban J connectivity index is 1.94. The molecule has 1 aliphatic heterocycles. The predicted molar refractivity (Wildman–Crippen MR) is 74.6 cm³/mol. The molecule has 0 amide bonds. The van der Waals surface area contributed by atoms with Crippen LogP contribution >= 0.6 is 0 Å². The molecule has 1 aromatic rings. The average molecular weight is 248 g/mol. The van der Waals surface area contributed by atoms with Crippen molar-refractivity contribution in [2.45, 2.75) is 25.5 Å². The van der Waals surface area contributed by atoms with Crippen molar-refractivity contribution in [3.63, 3.8) is 0 Å². The van der Waals surface area contributed by atoms with Crippen LogP contribution in [0.15, 0.2) is 30.3 Å². The molecule has 1 aromatic carbocycles. The molecule has 0 aliphatic carbocycles. The SMILES string of the molecule is CN1CCN(CC(O)c2ccccc2)CC1(C)C. The van der Waals surface area contributed by atoms with E-state index in [0.717, 1.165) is 31.7 Å². The van der Waals surface area contributed by atoms with Crippen molar-refractivity contribution in [3.8, 4) is 0 Å². The van der Waals surface area contributed by atoms with Gasteiger partial charge in [-0.05, 0) is 26.5 Å². The third-order valence-electron chi connectivity index (χ3n) is 4.01. The maximum Gasteiger partial charge on any atom is 0.0916 e. The molecule has 0 radical (unpaired) electrons. The third-order valence-corrected chi connectivity index (χ3v) is 4.01. The first-order valence-electron chi connectivity index (χ1n) is 6.66. The number of aliphatic hydroxyl groups is 1. The van der Waals surface area contributed by atoms with E-state index in [-0.39, 0.29) is 11.6 Å². The van der Waals surface area contributed by atoms with Crippen LogP contribution in [0.3, 0.4) is 0 Å². The Hall–Kier alpha value is -0.900. The highest BCUT2D eigenvalue weighted by Gasteiger charge is 2.31. The summed E-state index contributed by atoms with van der Waals surface area (Å²) >= 11 is 0. The van der Waals surface area contributed by atoms with Gasteiger partial charge in [-0.2, -0.15) is 0 Å². The summed E-state index contributed by atoms with van der Waals surface area (Å²) in [4.78, 5) is 4.75. The van der Waals surface area contributed by atoms with Crippen LogP contribution in [-0.2, 0) is 0 Å². The molecule has 0 bridgehead atoms. The van der Waals surface area contributed by atoms with Crippen molar-refractivity contribution in [2.75, 3.05) is 33.2 Å². The monoisotopic (exact) mass is 248 g/mol. The van der Waals surface area contributed by atoms with Crippen LogP contribution in [0.5, 0.6) is 0 Å². The number of aliphatic hydroxyl groups excluding tert-OH is 1. The van der Waals surface area contributed by atoms with Crippen molar-refractivity contribution in [2.24, 2.45) is 0 Å². The van der Waals surface area contributed by atoms with Gasteiger partial charge in [0.25, 0.3) is 0 Å². The van der Waals surface area contributed by atoms with E-state index in [4.69, 9.17) is 0 Å². The molecule has 2 rings (SSSR count). The second-order valence-electron chi connectivity index (χ2n) is 5.90. The van der Waals surface area contributed by atoms with Crippen LogP contribution in [0.1, 0.15) is 25.5 Å². The number of nitrogens with zero attached hydrogens (tertiary/aromatic N) is 2. The van der Waals surface area contributed by atoms with Crippen molar-refractivity contribution >= 4 is 0 Å². The van der Waals surface area contributed by atoms with Gasteiger partial charge >= 0.3 is 0 Å². The fraction of sp³-hybridized carbons (Fsp3) is 0.600. The minimum atomic E-state index is -0.384. The number of likely N-dealkylation sites (N-methyl/N-ethyl adjacent to an activating group) is 1. The number of benzene rings is 1. The standard InChI is InChI=1S/C15H24N2O/c1-15(2)12-17(10-9-16(15)3)11-14(18)13-7-5-4-6-8-13/h4-8,14,18H,9-12H2,1-3H3. The molecule has 3 nitrogen and oxygen atoms in total. The van der Waals surface area contributed by atoms with Gasteiger partial charge in [-0.15, -0.1) is 0 Å². The van der Waals surface area contributed by atoms with Crippen molar-refractivity contribution in [1.29, 1.82) is 0 Å². The van der Waals surface area contributed by atoms with Crippen LogP contribution in [0.2, 0.25) is 0 Å². The van der Waals surface area contributed by atoms with E-state index in [1.807, 2.05) is 30.3 Å². The maximum atomic E-state index is 10.3. The molecule has 0 saturated carbocycles. The Bertz CT molecular complexity index is 377. The quantitative estimate of drug-likeness (QED) is 0.883. The van der Waals surface area contributed by atoms with E-state index >= 15 is 0 Å². The molecule has 1 aliphatic rings. The molecule has 1 unspecified atom stereocenters. The normalized spacial score (nSPS) is 22.9. The highest BCUT2D eigenvalue weighted by molar-refractivity contribution is 5.17. The molecule has 3 heteroatoms. The molecule has 1 atom stereocenters. The summed E-state index contributed by atoms with van der Waals surface area (Å²) in [7, 11) is 2.17. The van der Waals surface area contributed by atoms with Gasteiger partial charge in [-0.3, -0.25) is 9.80 Å². The fourth-order valence-corrected chi connectivity index (χ4v) is 2.52. The predicted octanol–water partition coefficient (Wildman–Crippen LogP) is 1.75. The number of hydrogen-bond donors (Lipinski definition) is 1. The van der Waals surface area contributed by atoms with Crippen LogP contribution in [0.4, 0.5) is 0 Å². The summed E-state index contributed by atoms with van der Waals surface area (Å²) < 4.78 is 0. The maximum absolute atomic E-state index is 10.3. The molecule has 1 fully saturated rings. The zero-order valence-electron chi connectivity index (χ0n) is 11.6. The molecule has 1 N–H and O–H groups in total. The molecule has 18 heavy (non-hydrogen) atoms. The van der Waals surface area contributed by atoms with E-state index in [1.165, 1.54) is 0 Å². The lowest BCUT2D eigenvalue weighted by Gasteiger charge is -2.45. The van der Waals surface area contributed by atoms with E-state index < -0.39 is 0 Å². The molecule has 1 heterocycles. The zero-order chi connectivity index (χ0) is 13.2. The highest BCUT2D eigenvalue weighted by atomic mass is 16.3. The lowest BCUT2D eigenvalue weighted by molar-refractivity contribution is 0.0142. The van der Waals surface area contributed by atoms with E-state index in [2.05, 4.69) is 30.7 Å². The van der Waals surface area contributed by atoms with E-state index in [1.54, 1.807) is 0 Å². The van der Waals surface area contributed by atoms with Gasteiger partial charge < -0.3 is 5.11 Å².